The molecule has 0 amide bonds. The van der Waals surface area contributed by atoms with E-state index in [1.807, 2.05) is 18.3 Å². The third-order valence-corrected chi connectivity index (χ3v) is 6.83. The first-order valence-electron chi connectivity index (χ1n) is 9.88. The maximum atomic E-state index is 6.54. The molecule has 28 heavy (non-hydrogen) atoms. The Morgan fingerprint density at radius 2 is 2.07 bits per heavy atom. The summed E-state index contributed by atoms with van der Waals surface area (Å²) in [6, 6.07) is 8.15. The van der Waals surface area contributed by atoms with Crippen LogP contribution in [0.4, 0.5) is 0 Å². The van der Waals surface area contributed by atoms with Crippen LogP contribution in [0.1, 0.15) is 35.2 Å². The standard InChI is InChI=1S/C21H29ClN4OS/c1-3-16-14-25-19(28-16)8-11-24-20(23-2)26-15-21(9-12-27-13-10-21)17-6-4-5-7-18(17)22/h4-7,14H,3,8-13,15H2,1-2H3,(H2,23,24,26). The molecular formula is C21H29ClN4OS. The number of guanidine groups is 1. The summed E-state index contributed by atoms with van der Waals surface area (Å²) in [5.74, 6) is 0.810. The maximum absolute atomic E-state index is 6.54. The molecular weight excluding hydrogens is 392 g/mol. The lowest BCUT2D eigenvalue weighted by Gasteiger charge is -2.38. The number of thiazole rings is 1. The fraction of sp³-hybridized carbons (Fsp3) is 0.524. The van der Waals surface area contributed by atoms with Gasteiger partial charge in [-0.1, -0.05) is 36.7 Å². The molecule has 1 aliphatic heterocycles. The van der Waals surface area contributed by atoms with E-state index >= 15 is 0 Å². The van der Waals surface area contributed by atoms with Gasteiger partial charge in [-0.05, 0) is 30.9 Å². The molecule has 1 aromatic carbocycles. The van der Waals surface area contributed by atoms with Gasteiger partial charge in [0.1, 0.15) is 0 Å². The Morgan fingerprint density at radius 3 is 2.75 bits per heavy atom. The van der Waals surface area contributed by atoms with Crippen molar-refractivity contribution in [2.24, 2.45) is 4.99 Å². The number of benzene rings is 1. The fourth-order valence-corrected chi connectivity index (χ4v) is 4.78. The van der Waals surface area contributed by atoms with Crippen molar-refractivity contribution < 1.29 is 4.74 Å². The Bertz CT molecular complexity index is 786. The van der Waals surface area contributed by atoms with E-state index in [1.165, 1.54) is 10.4 Å². The van der Waals surface area contributed by atoms with Gasteiger partial charge in [-0.15, -0.1) is 11.3 Å². The summed E-state index contributed by atoms with van der Waals surface area (Å²) < 4.78 is 5.62. The Morgan fingerprint density at radius 1 is 1.29 bits per heavy atom. The Kier molecular flexibility index (Phi) is 7.71. The zero-order valence-corrected chi connectivity index (χ0v) is 18.2. The molecule has 0 unspecified atom stereocenters. The van der Waals surface area contributed by atoms with Gasteiger partial charge in [0.05, 0.1) is 5.01 Å². The van der Waals surface area contributed by atoms with E-state index in [0.717, 1.165) is 68.0 Å². The van der Waals surface area contributed by atoms with Crippen molar-refractivity contribution >= 4 is 28.9 Å². The molecule has 0 spiro atoms. The van der Waals surface area contributed by atoms with Crippen LogP contribution in [0, 0.1) is 0 Å². The quantitative estimate of drug-likeness (QED) is 0.528. The van der Waals surface area contributed by atoms with Gasteiger partial charge >= 0.3 is 0 Å². The summed E-state index contributed by atoms with van der Waals surface area (Å²) in [5.41, 5.74) is 1.15. The van der Waals surface area contributed by atoms with Crippen LogP contribution >= 0.6 is 22.9 Å². The number of hydrogen-bond acceptors (Lipinski definition) is 4. The molecule has 1 saturated heterocycles. The molecule has 0 saturated carbocycles. The molecule has 5 nitrogen and oxygen atoms in total. The molecule has 0 aliphatic carbocycles. The SMILES string of the molecule is CCc1cnc(CCNC(=NC)NCC2(c3ccccc3Cl)CCOCC2)s1. The second-order valence-corrected chi connectivity index (χ2v) is 8.66. The van der Waals surface area contributed by atoms with Crippen LogP contribution < -0.4 is 10.6 Å². The predicted molar refractivity (Wildman–Crippen MR) is 118 cm³/mol. The average molecular weight is 421 g/mol. The highest BCUT2D eigenvalue weighted by molar-refractivity contribution is 7.11. The summed E-state index contributed by atoms with van der Waals surface area (Å²) in [6.45, 7) is 5.24. The largest absolute Gasteiger partial charge is 0.381 e. The molecule has 1 aromatic heterocycles. The zero-order valence-electron chi connectivity index (χ0n) is 16.6. The van der Waals surface area contributed by atoms with Crippen LogP contribution in [0.25, 0.3) is 0 Å². The Hall–Kier alpha value is -1.63. The molecule has 0 bridgehead atoms. The molecule has 2 N–H and O–H groups in total. The minimum Gasteiger partial charge on any atom is -0.381 e. The van der Waals surface area contributed by atoms with Crippen molar-refractivity contribution in [3.05, 3.63) is 50.9 Å². The highest BCUT2D eigenvalue weighted by atomic mass is 35.5. The lowest BCUT2D eigenvalue weighted by atomic mass is 9.74. The maximum Gasteiger partial charge on any atom is 0.191 e. The van der Waals surface area contributed by atoms with Crippen LogP contribution in [-0.4, -0.2) is 44.3 Å². The van der Waals surface area contributed by atoms with E-state index < -0.39 is 0 Å². The number of aromatic nitrogens is 1. The molecule has 152 valence electrons. The molecule has 0 atom stereocenters. The second-order valence-electron chi connectivity index (χ2n) is 7.05. The first-order chi connectivity index (χ1) is 13.7. The van der Waals surface area contributed by atoms with Gasteiger partial charge in [0.25, 0.3) is 0 Å². The van der Waals surface area contributed by atoms with Gasteiger partial charge in [0, 0.05) is 61.3 Å². The monoisotopic (exact) mass is 420 g/mol. The zero-order chi connectivity index (χ0) is 19.8. The van der Waals surface area contributed by atoms with Gasteiger partial charge in [-0.2, -0.15) is 0 Å². The van der Waals surface area contributed by atoms with Crippen LogP contribution in [0.5, 0.6) is 0 Å². The topological polar surface area (TPSA) is 58.5 Å². The number of rotatable bonds is 7. The van der Waals surface area contributed by atoms with Gasteiger partial charge in [-0.3, -0.25) is 4.99 Å². The number of nitrogens with one attached hydrogen (secondary N) is 2. The van der Waals surface area contributed by atoms with Gasteiger partial charge in [0.2, 0.25) is 0 Å². The van der Waals surface area contributed by atoms with Gasteiger partial charge in [0.15, 0.2) is 5.96 Å². The van der Waals surface area contributed by atoms with E-state index in [1.54, 1.807) is 18.4 Å². The second kappa shape index (κ2) is 10.2. The number of aliphatic imine (C=N–C) groups is 1. The first-order valence-corrected chi connectivity index (χ1v) is 11.1. The fourth-order valence-electron chi connectivity index (χ4n) is 3.58. The third-order valence-electron chi connectivity index (χ3n) is 5.29. The molecule has 0 radical (unpaired) electrons. The number of hydrogen-bond donors (Lipinski definition) is 2. The normalized spacial score (nSPS) is 16.8. The average Bonchev–Trinajstić information content (AvgIpc) is 3.19. The van der Waals surface area contributed by atoms with Crippen molar-refractivity contribution in [1.29, 1.82) is 0 Å². The summed E-state index contributed by atoms with van der Waals surface area (Å²) >= 11 is 8.33. The lowest BCUT2D eigenvalue weighted by molar-refractivity contribution is 0.0514. The van der Waals surface area contributed by atoms with Crippen LogP contribution in [0.2, 0.25) is 5.02 Å². The highest BCUT2D eigenvalue weighted by Crippen LogP contribution is 2.38. The number of nitrogens with zero attached hydrogens (tertiary/aromatic N) is 2. The number of ether oxygens (including phenoxy) is 1. The third kappa shape index (κ3) is 5.25. The smallest absolute Gasteiger partial charge is 0.191 e. The van der Waals surface area contributed by atoms with E-state index in [-0.39, 0.29) is 5.41 Å². The van der Waals surface area contributed by atoms with Crippen molar-refractivity contribution in [1.82, 2.24) is 15.6 Å². The van der Waals surface area contributed by atoms with E-state index in [2.05, 4.69) is 39.7 Å². The van der Waals surface area contributed by atoms with Crippen LogP contribution in [-0.2, 0) is 23.0 Å². The highest BCUT2D eigenvalue weighted by Gasteiger charge is 2.36. The lowest BCUT2D eigenvalue weighted by Crippen LogP contribution is -2.48. The predicted octanol–water partition coefficient (Wildman–Crippen LogP) is 3.81. The van der Waals surface area contributed by atoms with Crippen LogP contribution in [0.3, 0.4) is 0 Å². The number of halogens is 1. The Balaban J connectivity index is 1.59. The molecule has 1 aliphatic rings. The Labute approximate surface area is 176 Å². The van der Waals surface area contributed by atoms with E-state index in [9.17, 15) is 0 Å². The van der Waals surface area contributed by atoms with Crippen molar-refractivity contribution in [2.75, 3.05) is 33.4 Å². The molecule has 2 aromatic rings. The minimum atomic E-state index is -0.0421. The van der Waals surface area contributed by atoms with Gasteiger partial charge < -0.3 is 15.4 Å². The molecule has 3 rings (SSSR count). The summed E-state index contributed by atoms with van der Waals surface area (Å²) in [6.07, 6.45) is 5.81. The van der Waals surface area contributed by atoms with E-state index in [4.69, 9.17) is 16.3 Å². The summed E-state index contributed by atoms with van der Waals surface area (Å²) in [5, 5.41) is 8.91. The van der Waals surface area contributed by atoms with Crippen molar-refractivity contribution in [3.8, 4) is 0 Å². The molecule has 2 heterocycles. The van der Waals surface area contributed by atoms with Crippen molar-refractivity contribution in [2.45, 2.75) is 38.0 Å². The number of aryl methyl sites for hydroxylation is 1. The molecule has 7 heteroatoms. The summed E-state index contributed by atoms with van der Waals surface area (Å²) in [7, 11) is 1.81. The van der Waals surface area contributed by atoms with Gasteiger partial charge in [-0.25, -0.2) is 4.98 Å². The molecule has 1 fully saturated rings. The van der Waals surface area contributed by atoms with Crippen molar-refractivity contribution in [3.63, 3.8) is 0 Å². The first kappa shape index (κ1) is 21.1. The van der Waals surface area contributed by atoms with Crippen LogP contribution in [0.15, 0.2) is 35.5 Å². The van der Waals surface area contributed by atoms with E-state index in [0.29, 0.717) is 0 Å². The summed E-state index contributed by atoms with van der Waals surface area (Å²) in [4.78, 5) is 10.2. The minimum absolute atomic E-state index is 0.0421.